The summed E-state index contributed by atoms with van der Waals surface area (Å²) in [6.45, 7) is 7.82. The van der Waals surface area contributed by atoms with Gasteiger partial charge in [0.1, 0.15) is 10.7 Å². The summed E-state index contributed by atoms with van der Waals surface area (Å²) < 4.78 is 30.0. The number of nitrogens with zero attached hydrogens (tertiary/aromatic N) is 1. The molecule has 4 nitrogen and oxygen atoms in total. The highest BCUT2D eigenvalue weighted by Gasteiger charge is 2.31. The lowest BCUT2D eigenvalue weighted by molar-refractivity contribution is 0.608. The van der Waals surface area contributed by atoms with Gasteiger partial charge in [-0.25, -0.2) is 0 Å². The van der Waals surface area contributed by atoms with Gasteiger partial charge < -0.3 is 5.32 Å². The SMILES string of the molecule is CC1=C(c2cccc(Br)c2)S(=O)(=O)N=C1Nc1c(C)cc(C)cc1C. The Kier molecular flexibility index (Phi) is 4.60. The van der Waals surface area contributed by atoms with Crippen LogP contribution in [0.1, 0.15) is 29.2 Å². The van der Waals surface area contributed by atoms with Crippen molar-refractivity contribution >= 4 is 42.4 Å². The minimum Gasteiger partial charge on any atom is -0.339 e. The summed E-state index contributed by atoms with van der Waals surface area (Å²) in [6, 6.07) is 11.4. The van der Waals surface area contributed by atoms with Gasteiger partial charge in [-0.1, -0.05) is 45.8 Å². The van der Waals surface area contributed by atoms with Crippen molar-refractivity contribution in [2.45, 2.75) is 27.7 Å². The zero-order valence-corrected chi connectivity index (χ0v) is 16.9. The van der Waals surface area contributed by atoms with Crippen LogP contribution in [0.3, 0.4) is 0 Å². The Balaban J connectivity index is 2.08. The second-order valence-corrected chi connectivity index (χ2v) is 8.73. The maximum absolute atomic E-state index is 12.6. The number of sulfonamides is 1. The summed E-state index contributed by atoms with van der Waals surface area (Å²) in [7, 11) is -3.72. The largest absolute Gasteiger partial charge is 0.339 e. The lowest BCUT2D eigenvalue weighted by Crippen LogP contribution is -2.13. The average Bonchev–Trinajstić information content (AvgIpc) is 2.71. The highest BCUT2D eigenvalue weighted by Crippen LogP contribution is 2.34. The van der Waals surface area contributed by atoms with Crippen molar-refractivity contribution in [2.75, 3.05) is 5.32 Å². The molecule has 2 aromatic rings. The molecule has 0 unspecified atom stereocenters. The van der Waals surface area contributed by atoms with Crippen LogP contribution in [0.15, 0.2) is 50.8 Å². The van der Waals surface area contributed by atoms with Gasteiger partial charge in [-0.15, -0.1) is 4.40 Å². The molecule has 3 rings (SSSR count). The molecule has 25 heavy (non-hydrogen) atoms. The van der Waals surface area contributed by atoms with Crippen LogP contribution in [0.2, 0.25) is 0 Å². The van der Waals surface area contributed by atoms with Crippen LogP contribution in [0.4, 0.5) is 5.69 Å². The molecule has 0 atom stereocenters. The Bertz CT molecular complexity index is 1010. The lowest BCUT2D eigenvalue weighted by Gasteiger charge is -2.14. The van der Waals surface area contributed by atoms with E-state index in [-0.39, 0.29) is 4.91 Å². The third-order valence-corrected chi connectivity index (χ3v) is 6.15. The van der Waals surface area contributed by atoms with E-state index in [1.807, 2.05) is 32.9 Å². The van der Waals surface area contributed by atoms with Crippen molar-refractivity contribution in [3.63, 3.8) is 0 Å². The molecule has 0 amide bonds. The van der Waals surface area contributed by atoms with Gasteiger partial charge in [-0.05, 0) is 56.5 Å². The van der Waals surface area contributed by atoms with E-state index < -0.39 is 10.0 Å². The molecule has 2 aromatic carbocycles. The van der Waals surface area contributed by atoms with Gasteiger partial charge in [0, 0.05) is 15.7 Å². The molecule has 0 fully saturated rings. The zero-order chi connectivity index (χ0) is 18.4. The molecular formula is C19H19BrN2O2S. The minimum absolute atomic E-state index is 0.249. The van der Waals surface area contributed by atoms with Crippen LogP contribution >= 0.6 is 15.9 Å². The maximum Gasteiger partial charge on any atom is 0.285 e. The molecule has 0 saturated heterocycles. The first kappa shape index (κ1) is 17.9. The summed E-state index contributed by atoms with van der Waals surface area (Å²) in [4.78, 5) is 0.249. The molecule has 1 aliphatic heterocycles. The van der Waals surface area contributed by atoms with Crippen molar-refractivity contribution < 1.29 is 8.42 Å². The summed E-state index contributed by atoms with van der Waals surface area (Å²) in [6.07, 6.45) is 0. The predicted octanol–water partition coefficient (Wildman–Crippen LogP) is 4.96. The fourth-order valence-corrected chi connectivity index (χ4v) is 4.96. The van der Waals surface area contributed by atoms with E-state index in [0.717, 1.165) is 21.3 Å². The quantitative estimate of drug-likeness (QED) is 0.749. The van der Waals surface area contributed by atoms with E-state index in [9.17, 15) is 8.42 Å². The predicted molar refractivity (Wildman–Crippen MR) is 107 cm³/mol. The monoisotopic (exact) mass is 418 g/mol. The highest BCUT2D eigenvalue weighted by atomic mass is 79.9. The average molecular weight is 419 g/mol. The van der Waals surface area contributed by atoms with E-state index in [0.29, 0.717) is 17.0 Å². The normalized spacial score (nSPS) is 16.1. The van der Waals surface area contributed by atoms with Crippen LogP contribution in [0.5, 0.6) is 0 Å². The summed E-state index contributed by atoms with van der Waals surface area (Å²) in [5, 5.41) is 3.23. The molecule has 0 aromatic heterocycles. The lowest BCUT2D eigenvalue weighted by atomic mass is 10.0. The molecule has 1 heterocycles. The molecule has 0 spiro atoms. The van der Waals surface area contributed by atoms with Gasteiger partial charge in [0.2, 0.25) is 0 Å². The molecule has 1 aliphatic rings. The highest BCUT2D eigenvalue weighted by molar-refractivity contribution is 9.10. The fraction of sp³-hybridized carbons (Fsp3) is 0.211. The number of hydrogen-bond donors (Lipinski definition) is 1. The van der Waals surface area contributed by atoms with Crippen LogP contribution in [0.25, 0.3) is 4.91 Å². The van der Waals surface area contributed by atoms with Gasteiger partial charge in [0.15, 0.2) is 0 Å². The van der Waals surface area contributed by atoms with E-state index >= 15 is 0 Å². The third-order valence-electron chi connectivity index (χ3n) is 4.17. The number of anilines is 1. The first-order valence-electron chi connectivity index (χ1n) is 7.86. The van der Waals surface area contributed by atoms with E-state index in [1.54, 1.807) is 19.1 Å². The molecule has 0 bridgehead atoms. The van der Waals surface area contributed by atoms with Crippen LogP contribution < -0.4 is 5.32 Å². The molecular weight excluding hydrogens is 400 g/mol. The standard InChI is InChI=1S/C19H19BrN2O2S/c1-11-8-12(2)17(13(3)9-11)21-19-14(4)18(25(23,24)22-19)15-6-5-7-16(20)10-15/h5-10H,1-4H3,(H,21,22). The van der Waals surface area contributed by atoms with Crippen molar-refractivity contribution in [2.24, 2.45) is 4.40 Å². The van der Waals surface area contributed by atoms with Gasteiger partial charge in [-0.3, -0.25) is 0 Å². The smallest absolute Gasteiger partial charge is 0.285 e. The summed E-state index contributed by atoms with van der Waals surface area (Å²) >= 11 is 3.39. The summed E-state index contributed by atoms with van der Waals surface area (Å²) in [5.41, 5.74) is 5.43. The Morgan fingerprint density at radius 2 is 1.64 bits per heavy atom. The Morgan fingerprint density at radius 3 is 2.24 bits per heavy atom. The van der Waals surface area contributed by atoms with Gasteiger partial charge in [-0.2, -0.15) is 8.42 Å². The Morgan fingerprint density at radius 1 is 1.00 bits per heavy atom. The second kappa shape index (κ2) is 6.42. The topological polar surface area (TPSA) is 58.5 Å². The van der Waals surface area contributed by atoms with E-state index in [4.69, 9.17) is 0 Å². The molecule has 130 valence electrons. The number of nitrogens with one attached hydrogen (secondary N) is 1. The van der Waals surface area contributed by atoms with E-state index in [1.165, 1.54) is 5.56 Å². The number of benzene rings is 2. The molecule has 1 N–H and O–H groups in total. The van der Waals surface area contributed by atoms with Crippen LogP contribution in [0, 0.1) is 20.8 Å². The zero-order valence-electron chi connectivity index (χ0n) is 14.5. The third kappa shape index (κ3) is 3.41. The minimum atomic E-state index is -3.72. The van der Waals surface area contributed by atoms with Crippen molar-refractivity contribution in [3.05, 3.63) is 68.7 Å². The first-order chi connectivity index (χ1) is 11.7. The Labute approximate surface area is 156 Å². The number of aryl methyl sites for hydroxylation is 3. The first-order valence-corrected chi connectivity index (χ1v) is 10.1. The summed E-state index contributed by atoms with van der Waals surface area (Å²) in [5.74, 6) is 0.380. The van der Waals surface area contributed by atoms with Crippen LogP contribution in [-0.2, 0) is 10.0 Å². The number of halogens is 1. The number of rotatable bonds is 2. The molecule has 0 radical (unpaired) electrons. The molecule has 6 heteroatoms. The van der Waals surface area contributed by atoms with Gasteiger partial charge in [0.25, 0.3) is 10.0 Å². The van der Waals surface area contributed by atoms with E-state index in [2.05, 4.69) is 37.8 Å². The van der Waals surface area contributed by atoms with Crippen molar-refractivity contribution in [3.8, 4) is 0 Å². The molecule has 0 saturated carbocycles. The van der Waals surface area contributed by atoms with Gasteiger partial charge >= 0.3 is 0 Å². The number of hydrogen-bond acceptors (Lipinski definition) is 3. The fourth-order valence-electron chi connectivity index (χ4n) is 3.14. The maximum atomic E-state index is 12.6. The van der Waals surface area contributed by atoms with Crippen molar-refractivity contribution in [1.29, 1.82) is 0 Å². The Hall–Kier alpha value is -1.92. The second-order valence-electron chi connectivity index (χ2n) is 6.28. The number of amidine groups is 1. The van der Waals surface area contributed by atoms with Crippen molar-refractivity contribution in [1.82, 2.24) is 0 Å². The molecule has 0 aliphatic carbocycles. The van der Waals surface area contributed by atoms with Crippen LogP contribution in [-0.4, -0.2) is 14.3 Å². The van der Waals surface area contributed by atoms with Gasteiger partial charge in [0.05, 0.1) is 0 Å².